The predicted molar refractivity (Wildman–Crippen MR) is 55.7 cm³/mol. The van der Waals surface area contributed by atoms with Crippen molar-refractivity contribution in [2.45, 2.75) is 32.6 Å². The Morgan fingerprint density at radius 2 is 2.25 bits per heavy atom. The normalized spacial score (nSPS) is 28.6. The van der Waals surface area contributed by atoms with E-state index in [2.05, 4.69) is 34.8 Å². The number of fused-ring (bicyclic) bond motifs is 1. The maximum Gasteiger partial charge on any atom is 0.159 e. The lowest BCUT2D eigenvalue weighted by atomic mass is 9.86. The van der Waals surface area contributed by atoms with E-state index in [-0.39, 0.29) is 0 Å². The molecule has 0 saturated heterocycles. The maximum absolute atomic E-state index is 4.49. The van der Waals surface area contributed by atoms with Gasteiger partial charge < -0.3 is 0 Å². The van der Waals surface area contributed by atoms with Gasteiger partial charge in [0.15, 0.2) is 3.92 Å². The van der Waals surface area contributed by atoms with Crippen molar-refractivity contribution < 1.29 is 0 Å². The zero-order valence-corrected chi connectivity index (χ0v) is 9.70. The average molecular weight is 246 g/mol. The van der Waals surface area contributed by atoms with E-state index in [4.69, 9.17) is 0 Å². The Morgan fingerprint density at radius 1 is 1.50 bits per heavy atom. The summed E-state index contributed by atoms with van der Waals surface area (Å²) in [5, 5.41) is 0. The van der Waals surface area contributed by atoms with Crippen LogP contribution in [0.2, 0.25) is 0 Å². The van der Waals surface area contributed by atoms with Crippen LogP contribution < -0.4 is 0 Å². The Hall–Kier alpha value is 0.110. The predicted octanol–water partition coefficient (Wildman–Crippen LogP) is 3.59. The number of hydrogen-bond donors (Lipinski definition) is 0. The van der Waals surface area contributed by atoms with Crippen LogP contribution in [0.15, 0.2) is 3.92 Å². The van der Waals surface area contributed by atoms with E-state index in [1.54, 1.807) is 11.3 Å². The van der Waals surface area contributed by atoms with Gasteiger partial charge in [0.05, 0.1) is 5.69 Å². The standard InChI is InChI=1S/C9H12BrNS/c1-5-3-6(2)8-7(4-5)11-9(10)12-8/h5-6H,3-4H2,1-2H3. The first-order chi connectivity index (χ1) is 5.66. The molecule has 0 amide bonds. The maximum atomic E-state index is 4.49. The second-order valence-electron chi connectivity index (χ2n) is 3.72. The largest absolute Gasteiger partial charge is 0.234 e. The van der Waals surface area contributed by atoms with Crippen molar-refractivity contribution in [2.75, 3.05) is 0 Å². The molecule has 1 nitrogen and oxygen atoms in total. The summed E-state index contributed by atoms with van der Waals surface area (Å²) < 4.78 is 1.05. The number of halogens is 1. The molecule has 2 unspecified atom stereocenters. The summed E-state index contributed by atoms with van der Waals surface area (Å²) in [5.41, 5.74) is 1.33. The van der Waals surface area contributed by atoms with Crippen LogP contribution in [0.3, 0.4) is 0 Å². The van der Waals surface area contributed by atoms with Gasteiger partial charge in [0.25, 0.3) is 0 Å². The molecule has 0 spiro atoms. The van der Waals surface area contributed by atoms with Crippen molar-refractivity contribution in [3.8, 4) is 0 Å². The van der Waals surface area contributed by atoms with Gasteiger partial charge >= 0.3 is 0 Å². The molecule has 2 rings (SSSR count). The highest BCUT2D eigenvalue weighted by Gasteiger charge is 2.24. The summed E-state index contributed by atoms with van der Waals surface area (Å²) in [7, 11) is 0. The van der Waals surface area contributed by atoms with Crippen LogP contribution in [0.1, 0.15) is 36.8 Å². The zero-order chi connectivity index (χ0) is 8.72. The van der Waals surface area contributed by atoms with Crippen molar-refractivity contribution >= 4 is 27.3 Å². The van der Waals surface area contributed by atoms with Gasteiger partial charge in [-0.3, -0.25) is 0 Å². The van der Waals surface area contributed by atoms with Gasteiger partial charge in [-0.25, -0.2) is 4.98 Å². The van der Waals surface area contributed by atoms with Gasteiger partial charge in [-0.1, -0.05) is 13.8 Å². The van der Waals surface area contributed by atoms with Crippen LogP contribution >= 0.6 is 27.3 Å². The molecule has 1 heterocycles. The van der Waals surface area contributed by atoms with Crippen LogP contribution in [-0.4, -0.2) is 4.98 Å². The molecule has 12 heavy (non-hydrogen) atoms. The molecular weight excluding hydrogens is 234 g/mol. The second kappa shape index (κ2) is 3.11. The lowest BCUT2D eigenvalue weighted by Crippen LogP contribution is -2.12. The first kappa shape index (κ1) is 8.70. The lowest BCUT2D eigenvalue weighted by molar-refractivity contribution is 0.450. The SMILES string of the molecule is CC1Cc2nc(Br)sc2C(C)C1. The Bertz CT molecular complexity index is 295. The van der Waals surface area contributed by atoms with E-state index in [0.29, 0.717) is 5.92 Å². The fraction of sp³-hybridized carbons (Fsp3) is 0.667. The number of aromatic nitrogens is 1. The highest BCUT2D eigenvalue weighted by atomic mass is 79.9. The van der Waals surface area contributed by atoms with Crippen molar-refractivity contribution in [1.82, 2.24) is 4.98 Å². The molecule has 0 N–H and O–H groups in total. The molecule has 2 atom stereocenters. The van der Waals surface area contributed by atoms with Crippen LogP contribution in [-0.2, 0) is 6.42 Å². The van der Waals surface area contributed by atoms with E-state index in [9.17, 15) is 0 Å². The molecule has 0 fully saturated rings. The number of rotatable bonds is 0. The fourth-order valence-electron chi connectivity index (χ4n) is 1.99. The van der Waals surface area contributed by atoms with Crippen LogP contribution in [0, 0.1) is 5.92 Å². The quantitative estimate of drug-likeness (QED) is 0.681. The monoisotopic (exact) mass is 245 g/mol. The van der Waals surface area contributed by atoms with E-state index >= 15 is 0 Å². The highest BCUT2D eigenvalue weighted by molar-refractivity contribution is 9.11. The Labute approximate surface area is 85.3 Å². The molecule has 66 valence electrons. The third kappa shape index (κ3) is 1.44. The van der Waals surface area contributed by atoms with Crippen molar-refractivity contribution in [3.05, 3.63) is 14.5 Å². The molecular formula is C9H12BrNS. The minimum atomic E-state index is 0.715. The van der Waals surface area contributed by atoms with Gasteiger partial charge in [0.1, 0.15) is 0 Å². The third-order valence-electron chi connectivity index (χ3n) is 2.45. The minimum Gasteiger partial charge on any atom is -0.234 e. The minimum absolute atomic E-state index is 0.715. The van der Waals surface area contributed by atoms with Gasteiger partial charge in [-0.15, -0.1) is 11.3 Å². The summed E-state index contributed by atoms with van der Waals surface area (Å²) in [6.45, 7) is 4.62. The molecule has 0 aliphatic heterocycles. The van der Waals surface area contributed by atoms with Crippen LogP contribution in [0.5, 0.6) is 0 Å². The Balaban J connectivity index is 2.40. The summed E-state index contributed by atoms with van der Waals surface area (Å²) in [4.78, 5) is 5.99. The topological polar surface area (TPSA) is 12.9 Å². The summed E-state index contributed by atoms with van der Waals surface area (Å²) >= 11 is 5.25. The summed E-state index contributed by atoms with van der Waals surface area (Å²) in [6.07, 6.45) is 2.49. The van der Waals surface area contributed by atoms with E-state index in [1.165, 1.54) is 23.4 Å². The molecule has 1 aromatic rings. The number of hydrogen-bond acceptors (Lipinski definition) is 2. The molecule has 0 aromatic carbocycles. The molecule has 0 bridgehead atoms. The van der Waals surface area contributed by atoms with Crippen molar-refractivity contribution in [3.63, 3.8) is 0 Å². The average Bonchev–Trinajstić information content (AvgIpc) is 2.29. The molecule has 1 aromatic heterocycles. The first-order valence-corrected chi connectivity index (χ1v) is 5.93. The highest BCUT2D eigenvalue weighted by Crippen LogP contribution is 2.39. The third-order valence-corrected chi connectivity index (χ3v) is 4.23. The van der Waals surface area contributed by atoms with Crippen molar-refractivity contribution in [2.24, 2.45) is 5.92 Å². The van der Waals surface area contributed by atoms with Gasteiger partial charge in [0, 0.05) is 4.88 Å². The number of nitrogens with zero attached hydrogens (tertiary/aromatic N) is 1. The smallest absolute Gasteiger partial charge is 0.159 e. The van der Waals surface area contributed by atoms with Crippen LogP contribution in [0.4, 0.5) is 0 Å². The van der Waals surface area contributed by atoms with E-state index < -0.39 is 0 Å². The molecule has 0 radical (unpaired) electrons. The zero-order valence-electron chi connectivity index (χ0n) is 7.30. The van der Waals surface area contributed by atoms with Gasteiger partial charge in [-0.05, 0) is 40.6 Å². The van der Waals surface area contributed by atoms with Crippen molar-refractivity contribution in [1.29, 1.82) is 0 Å². The Morgan fingerprint density at radius 3 is 3.00 bits per heavy atom. The lowest BCUT2D eigenvalue weighted by Gasteiger charge is -2.22. The van der Waals surface area contributed by atoms with E-state index in [0.717, 1.165) is 9.83 Å². The molecule has 3 heteroatoms. The molecule has 1 aliphatic carbocycles. The van der Waals surface area contributed by atoms with Gasteiger partial charge in [-0.2, -0.15) is 0 Å². The Kier molecular flexibility index (Phi) is 2.25. The molecule has 1 aliphatic rings. The van der Waals surface area contributed by atoms with Crippen LogP contribution in [0.25, 0.3) is 0 Å². The summed E-state index contributed by atoms with van der Waals surface area (Å²) in [6, 6.07) is 0. The van der Waals surface area contributed by atoms with E-state index in [1.807, 2.05) is 0 Å². The second-order valence-corrected chi connectivity index (χ2v) is 6.03. The fourth-order valence-corrected chi connectivity index (χ4v) is 3.61. The summed E-state index contributed by atoms with van der Waals surface area (Å²) in [5.74, 6) is 1.52. The van der Waals surface area contributed by atoms with Gasteiger partial charge in [0.2, 0.25) is 0 Å². The first-order valence-electron chi connectivity index (χ1n) is 4.32. The molecule has 0 saturated carbocycles. The number of thiazole rings is 1.